The smallest absolute Gasteiger partial charge is 0.325 e. The number of aliphatic carboxylic acids is 1. The van der Waals surface area contributed by atoms with E-state index < -0.39 is 12.0 Å². The molecular formula is C8H14N2O3. The van der Waals surface area contributed by atoms with E-state index in [1.807, 2.05) is 0 Å². The van der Waals surface area contributed by atoms with Gasteiger partial charge in [-0.15, -0.1) is 0 Å². The van der Waals surface area contributed by atoms with Crippen LogP contribution in [0.5, 0.6) is 0 Å². The first-order valence-electron chi connectivity index (χ1n) is 4.39. The van der Waals surface area contributed by atoms with Crippen molar-refractivity contribution in [2.24, 2.45) is 0 Å². The van der Waals surface area contributed by atoms with Gasteiger partial charge in [0.15, 0.2) is 0 Å². The fourth-order valence-electron chi connectivity index (χ4n) is 1.04. The molecule has 0 aromatic rings. The molecule has 2 amide bonds. The van der Waals surface area contributed by atoms with E-state index in [4.69, 9.17) is 5.11 Å². The number of nitrogens with one attached hydrogen (secondary N) is 2. The molecule has 5 heteroatoms. The predicted octanol–water partition coefficient (Wildman–Crippen LogP) is 0.311. The van der Waals surface area contributed by atoms with Gasteiger partial charge in [-0.05, 0) is 26.2 Å². The third kappa shape index (κ3) is 2.93. The van der Waals surface area contributed by atoms with E-state index in [-0.39, 0.29) is 12.1 Å². The van der Waals surface area contributed by atoms with Crippen LogP contribution in [0.25, 0.3) is 0 Å². The summed E-state index contributed by atoms with van der Waals surface area (Å²) in [6, 6.07) is -0.985. The number of urea groups is 1. The highest BCUT2D eigenvalue weighted by atomic mass is 16.4. The molecule has 0 bridgehead atoms. The van der Waals surface area contributed by atoms with Crippen molar-refractivity contribution in [1.29, 1.82) is 0 Å². The highest BCUT2D eigenvalue weighted by molar-refractivity contribution is 5.82. The molecule has 74 valence electrons. The molecule has 1 atom stereocenters. The molecule has 3 N–H and O–H groups in total. The van der Waals surface area contributed by atoms with Crippen molar-refractivity contribution in [2.45, 2.75) is 38.3 Å². The van der Waals surface area contributed by atoms with Gasteiger partial charge in [-0.3, -0.25) is 4.79 Å². The van der Waals surface area contributed by atoms with E-state index in [0.717, 1.165) is 19.3 Å². The van der Waals surface area contributed by atoms with Gasteiger partial charge in [-0.1, -0.05) is 0 Å². The summed E-state index contributed by atoms with van der Waals surface area (Å²) in [6.07, 6.45) is 3.13. The van der Waals surface area contributed by atoms with Crippen LogP contribution in [-0.2, 0) is 4.79 Å². The molecule has 0 heterocycles. The van der Waals surface area contributed by atoms with Crippen molar-refractivity contribution in [2.75, 3.05) is 0 Å². The van der Waals surface area contributed by atoms with Gasteiger partial charge in [0, 0.05) is 6.04 Å². The Morgan fingerprint density at radius 3 is 2.46 bits per heavy atom. The second kappa shape index (κ2) is 4.11. The first-order valence-corrected chi connectivity index (χ1v) is 4.39. The van der Waals surface area contributed by atoms with E-state index in [2.05, 4.69) is 10.6 Å². The summed E-state index contributed by atoms with van der Waals surface area (Å²) in [7, 11) is 0. The van der Waals surface area contributed by atoms with Crippen molar-refractivity contribution in [3.63, 3.8) is 0 Å². The minimum absolute atomic E-state index is 0.237. The Hall–Kier alpha value is -1.26. The van der Waals surface area contributed by atoms with Gasteiger partial charge < -0.3 is 15.7 Å². The van der Waals surface area contributed by atoms with E-state index in [9.17, 15) is 9.59 Å². The molecule has 0 aliphatic heterocycles. The van der Waals surface area contributed by atoms with E-state index >= 15 is 0 Å². The third-order valence-electron chi connectivity index (χ3n) is 2.16. The van der Waals surface area contributed by atoms with Gasteiger partial charge in [0.25, 0.3) is 0 Å². The first kappa shape index (κ1) is 9.83. The quantitative estimate of drug-likeness (QED) is 0.593. The summed E-state index contributed by atoms with van der Waals surface area (Å²) < 4.78 is 0. The fourth-order valence-corrected chi connectivity index (χ4v) is 1.04. The fraction of sp³-hybridized carbons (Fsp3) is 0.750. The van der Waals surface area contributed by atoms with Gasteiger partial charge in [0.05, 0.1) is 0 Å². The van der Waals surface area contributed by atoms with Crippen molar-refractivity contribution in [3.05, 3.63) is 0 Å². The zero-order valence-corrected chi connectivity index (χ0v) is 7.54. The second-order valence-electron chi connectivity index (χ2n) is 3.31. The highest BCUT2D eigenvalue weighted by Crippen LogP contribution is 2.17. The van der Waals surface area contributed by atoms with E-state index in [1.165, 1.54) is 6.92 Å². The lowest BCUT2D eigenvalue weighted by molar-refractivity contribution is -0.138. The second-order valence-corrected chi connectivity index (χ2v) is 3.31. The molecule has 1 saturated carbocycles. The summed E-state index contributed by atoms with van der Waals surface area (Å²) in [5, 5.41) is 13.5. The zero-order valence-electron chi connectivity index (χ0n) is 7.54. The van der Waals surface area contributed by atoms with Crippen LogP contribution in [0.3, 0.4) is 0 Å². The number of hydrogen-bond acceptors (Lipinski definition) is 2. The maximum atomic E-state index is 11.1. The van der Waals surface area contributed by atoms with Crippen LogP contribution in [-0.4, -0.2) is 29.2 Å². The summed E-state index contributed by atoms with van der Waals surface area (Å²) in [5.74, 6) is -1.02. The summed E-state index contributed by atoms with van der Waals surface area (Å²) in [5.41, 5.74) is 0. The predicted molar refractivity (Wildman–Crippen MR) is 46.4 cm³/mol. The van der Waals surface area contributed by atoms with Crippen molar-refractivity contribution >= 4 is 12.0 Å². The molecule has 1 aliphatic rings. The van der Waals surface area contributed by atoms with Gasteiger partial charge in [0.1, 0.15) is 6.04 Å². The highest BCUT2D eigenvalue weighted by Gasteiger charge is 2.21. The number of hydrogen-bond donors (Lipinski definition) is 3. The lowest BCUT2D eigenvalue weighted by Crippen LogP contribution is -2.49. The number of carboxylic acid groups (broad SMARTS) is 1. The van der Waals surface area contributed by atoms with E-state index in [0.29, 0.717) is 0 Å². The Balaban J connectivity index is 2.19. The zero-order chi connectivity index (χ0) is 9.84. The molecule has 1 fully saturated rings. The Kier molecular flexibility index (Phi) is 3.11. The molecular weight excluding hydrogens is 172 g/mol. The normalized spacial score (nSPS) is 18.5. The number of amides is 2. The van der Waals surface area contributed by atoms with Crippen molar-refractivity contribution < 1.29 is 14.7 Å². The SMILES string of the molecule is C[C@H](NC(=O)NC1CCC1)C(=O)O. The number of rotatable bonds is 3. The Morgan fingerprint density at radius 2 is 2.08 bits per heavy atom. The largest absolute Gasteiger partial charge is 0.480 e. The third-order valence-corrected chi connectivity index (χ3v) is 2.16. The number of carboxylic acids is 1. The van der Waals surface area contributed by atoms with Crippen molar-refractivity contribution in [3.8, 4) is 0 Å². The van der Waals surface area contributed by atoms with Gasteiger partial charge in [-0.2, -0.15) is 0 Å². The van der Waals surface area contributed by atoms with Crippen LogP contribution >= 0.6 is 0 Å². The van der Waals surface area contributed by atoms with Gasteiger partial charge in [0.2, 0.25) is 0 Å². The van der Waals surface area contributed by atoms with Crippen molar-refractivity contribution in [1.82, 2.24) is 10.6 Å². The van der Waals surface area contributed by atoms with Gasteiger partial charge in [-0.25, -0.2) is 4.79 Å². The molecule has 0 spiro atoms. The number of carbonyl (C=O) groups excluding carboxylic acids is 1. The molecule has 0 unspecified atom stereocenters. The molecule has 5 nitrogen and oxygen atoms in total. The molecule has 1 aliphatic carbocycles. The van der Waals surface area contributed by atoms with Crippen LogP contribution in [0.1, 0.15) is 26.2 Å². The molecule has 0 saturated heterocycles. The maximum Gasteiger partial charge on any atom is 0.325 e. The van der Waals surface area contributed by atoms with Crippen LogP contribution in [0.15, 0.2) is 0 Å². The summed E-state index contributed by atoms with van der Waals surface area (Å²) >= 11 is 0. The van der Waals surface area contributed by atoms with Gasteiger partial charge >= 0.3 is 12.0 Å². The lowest BCUT2D eigenvalue weighted by Gasteiger charge is -2.26. The maximum absolute atomic E-state index is 11.1. The standard InChI is InChI=1S/C8H14N2O3/c1-5(7(11)12)9-8(13)10-6-3-2-4-6/h5-6H,2-4H2,1H3,(H,11,12)(H2,9,10,13)/t5-/m0/s1. The van der Waals surface area contributed by atoms with Crippen LogP contribution in [0.4, 0.5) is 4.79 Å². The average Bonchev–Trinajstić information content (AvgIpc) is 1.96. The topological polar surface area (TPSA) is 78.4 Å². The Morgan fingerprint density at radius 1 is 1.46 bits per heavy atom. The Bertz CT molecular complexity index is 213. The molecule has 0 radical (unpaired) electrons. The van der Waals surface area contributed by atoms with E-state index in [1.54, 1.807) is 0 Å². The van der Waals surface area contributed by atoms with Crippen LogP contribution < -0.4 is 10.6 Å². The monoisotopic (exact) mass is 186 g/mol. The lowest BCUT2D eigenvalue weighted by atomic mass is 9.93. The van der Waals surface area contributed by atoms with Crippen LogP contribution in [0, 0.1) is 0 Å². The molecule has 0 aromatic carbocycles. The average molecular weight is 186 g/mol. The summed E-state index contributed by atoms with van der Waals surface area (Å²) in [4.78, 5) is 21.4. The molecule has 1 rings (SSSR count). The Labute approximate surface area is 76.5 Å². The number of carbonyl (C=O) groups is 2. The van der Waals surface area contributed by atoms with Crippen LogP contribution in [0.2, 0.25) is 0 Å². The summed E-state index contributed by atoms with van der Waals surface area (Å²) in [6.45, 7) is 1.43. The minimum atomic E-state index is -1.02. The first-order chi connectivity index (χ1) is 6.09. The molecule has 13 heavy (non-hydrogen) atoms. The minimum Gasteiger partial charge on any atom is -0.480 e. The molecule has 0 aromatic heterocycles.